The van der Waals surface area contributed by atoms with Crippen LogP contribution in [0.4, 0.5) is 17.1 Å². The van der Waals surface area contributed by atoms with Gasteiger partial charge in [0, 0.05) is 39.9 Å². The molecule has 3 aromatic rings. The van der Waals surface area contributed by atoms with Crippen molar-refractivity contribution >= 4 is 40.3 Å². The molecule has 0 aliphatic heterocycles. The predicted molar refractivity (Wildman–Crippen MR) is 116 cm³/mol. The first-order chi connectivity index (χ1) is 15.7. The molecule has 33 heavy (non-hydrogen) atoms. The van der Waals surface area contributed by atoms with Crippen molar-refractivity contribution in [3.05, 3.63) is 107 Å². The number of halogens is 1. The van der Waals surface area contributed by atoms with Gasteiger partial charge in [-0.1, -0.05) is 11.6 Å². The number of nitro benzene ring substituents is 3. The number of fused-ring (bicyclic) bond motifs is 3. The molecule has 0 atom stereocenters. The molecule has 0 bridgehead atoms. The number of nitro groups is 3. The Hall–Kier alpha value is -4.71. The van der Waals surface area contributed by atoms with Crippen molar-refractivity contribution in [1.82, 2.24) is 5.43 Å². The van der Waals surface area contributed by atoms with Crippen LogP contribution in [-0.2, 0) is 0 Å². The summed E-state index contributed by atoms with van der Waals surface area (Å²) in [4.78, 5) is 44.5. The van der Waals surface area contributed by atoms with E-state index in [-0.39, 0.29) is 39.2 Å². The van der Waals surface area contributed by atoms with E-state index in [0.29, 0.717) is 5.02 Å². The van der Waals surface area contributed by atoms with Crippen molar-refractivity contribution in [3.8, 4) is 11.1 Å². The van der Waals surface area contributed by atoms with Gasteiger partial charge in [-0.2, -0.15) is 5.10 Å². The quantitative estimate of drug-likeness (QED) is 0.338. The lowest BCUT2D eigenvalue weighted by atomic mass is 10.0. The fraction of sp³-hybridized carbons (Fsp3) is 0. The van der Waals surface area contributed by atoms with E-state index in [2.05, 4.69) is 10.5 Å². The van der Waals surface area contributed by atoms with E-state index in [9.17, 15) is 35.1 Å². The largest absolute Gasteiger partial charge is 0.284 e. The lowest BCUT2D eigenvalue weighted by Crippen LogP contribution is -2.20. The summed E-state index contributed by atoms with van der Waals surface area (Å²) in [5.41, 5.74) is 1.27. The summed E-state index contributed by atoms with van der Waals surface area (Å²) in [7, 11) is 0. The van der Waals surface area contributed by atoms with Gasteiger partial charge in [-0.25, -0.2) is 5.43 Å². The monoisotopic (exact) mass is 467 g/mol. The zero-order valence-corrected chi connectivity index (χ0v) is 17.0. The summed E-state index contributed by atoms with van der Waals surface area (Å²) in [6.07, 6.45) is 0. The Morgan fingerprint density at radius 3 is 2.03 bits per heavy atom. The van der Waals surface area contributed by atoms with Crippen molar-refractivity contribution < 1.29 is 19.6 Å². The van der Waals surface area contributed by atoms with Crippen LogP contribution in [0.15, 0.2) is 59.7 Å². The van der Waals surface area contributed by atoms with Crippen molar-refractivity contribution in [3.63, 3.8) is 0 Å². The Morgan fingerprint density at radius 1 is 0.788 bits per heavy atom. The maximum absolute atomic E-state index is 12.5. The minimum absolute atomic E-state index is 0.00925. The molecule has 0 unspecified atom stereocenters. The molecule has 1 aliphatic carbocycles. The molecule has 0 heterocycles. The van der Waals surface area contributed by atoms with E-state index >= 15 is 0 Å². The summed E-state index contributed by atoms with van der Waals surface area (Å²) in [5, 5.41) is 38.7. The van der Waals surface area contributed by atoms with E-state index in [1.165, 1.54) is 30.3 Å². The van der Waals surface area contributed by atoms with Gasteiger partial charge in [0.1, 0.15) is 0 Å². The van der Waals surface area contributed by atoms with Gasteiger partial charge in [0.05, 0.1) is 32.1 Å². The lowest BCUT2D eigenvalue weighted by molar-refractivity contribution is -0.393. The van der Waals surface area contributed by atoms with Crippen LogP contribution in [0.5, 0.6) is 0 Å². The van der Waals surface area contributed by atoms with Gasteiger partial charge in [0.25, 0.3) is 23.0 Å². The highest BCUT2D eigenvalue weighted by Crippen LogP contribution is 2.45. The van der Waals surface area contributed by atoms with Crippen molar-refractivity contribution in [2.24, 2.45) is 5.10 Å². The van der Waals surface area contributed by atoms with Gasteiger partial charge >= 0.3 is 0 Å². The summed E-state index contributed by atoms with van der Waals surface area (Å²) < 4.78 is 0. The molecule has 3 aromatic carbocycles. The zero-order chi connectivity index (χ0) is 23.9. The Kier molecular flexibility index (Phi) is 5.27. The van der Waals surface area contributed by atoms with Crippen LogP contribution in [0, 0.1) is 30.3 Å². The standard InChI is InChI=1S/C20H10ClN5O7/c21-11-3-1-10(2-4-11)20(27)23-22-19-15-7-12(24(28)29)5-6-14(15)18-16(19)8-13(25(30)31)9-17(18)26(32)33/h1-9H,(H,23,27)/b22-19+. The van der Waals surface area contributed by atoms with Crippen LogP contribution in [0.1, 0.15) is 21.5 Å². The molecular formula is C20H10ClN5O7. The highest BCUT2D eigenvalue weighted by atomic mass is 35.5. The molecule has 12 nitrogen and oxygen atoms in total. The lowest BCUT2D eigenvalue weighted by Gasteiger charge is -2.04. The third-order valence-electron chi connectivity index (χ3n) is 4.88. The van der Waals surface area contributed by atoms with Crippen LogP contribution in [-0.4, -0.2) is 26.4 Å². The van der Waals surface area contributed by atoms with Gasteiger partial charge in [-0.15, -0.1) is 0 Å². The zero-order valence-electron chi connectivity index (χ0n) is 16.2. The first-order valence-electron chi connectivity index (χ1n) is 9.07. The highest BCUT2D eigenvalue weighted by Gasteiger charge is 2.36. The Bertz CT molecular complexity index is 1400. The minimum atomic E-state index is -0.803. The molecular weight excluding hydrogens is 458 g/mol. The molecule has 4 rings (SSSR count). The topological polar surface area (TPSA) is 171 Å². The third kappa shape index (κ3) is 3.85. The molecule has 1 N–H and O–H groups in total. The Morgan fingerprint density at radius 2 is 1.42 bits per heavy atom. The van der Waals surface area contributed by atoms with Crippen LogP contribution in [0.2, 0.25) is 5.02 Å². The highest BCUT2D eigenvalue weighted by molar-refractivity contribution is 6.30. The number of benzene rings is 3. The molecule has 164 valence electrons. The van der Waals surface area contributed by atoms with Crippen molar-refractivity contribution in [2.75, 3.05) is 0 Å². The van der Waals surface area contributed by atoms with Gasteiger partial charge in [-0.05, 0) is 35.9 Å². The maximum Gasteiger partial charge on any atom is 0.284 e. The summed E-state index contributed by atoms with van der Waals surface area (Å²) in [6, 6.07) is 11.3. The van der Waals surface area contributed by atoms with Crippen molar-refractivity contribution in [1.29, 1.82) is 0 Å². The molecule has 1 amide bonds. The number of hydrogen-bond acceptors (Lipinski definition) is 8. The average Bonchev–Trinajstić information content (AvgIpc) is 3.09. The van der Waals surface area contributed by atoms with Crippen LogP contribution in [0.25, 0.3) is 11.1 Å². The van der Waals surface area contributed by atoms with E-state index in [0.717, 1.165) is 24.3 Å². The summed E-state index contributed by atoms with van der Waals surface area (Å²) >= 11 is 5.81. The minimum Gasteiger partial charge on any atom is -0.267 e. The molecule has 0 saturated carbocycles. The Balaban J connectivity index is 1.90. The van der Waals surface area contributed by atoms with Crippen LogP contribution >= 0.6 is 11.6 Å². The van der Waals surface area contributed by atoms with E-state index in [1.807, 2.05) is 0 Å². The summed E-state index contributed by atoms with van der Waals surface area (Å²) in [5.74, 6) is -0.653. The number of non-ortho nitro benzene ring substituents is 2. The first-order valence-corrected chi connectivity index (χ1v) is 9.45. The van der Waals surface area contributed by atoms with Gasteiger partial charge < -0.3 is 0 Å². The summed E-state index contributed by atoms with van der Waals surface area (Å²) in [6.45, 7) is 0. The SMILES string of the molecule is O=C(N/N=C1\c2cc([N+](=O)[O-])ccc2-c2c1cc([N+](=O)[O-])cc2[N+](=O)[O-])c1ccc(Cl)cc1. The molecule has 0 saturated heterocycles. The number of carbonyl (C=O) groups excluding carboxylic acids is 1. The third-order valence-corrected chi connectivity index (χ3v) is 5.13. The Labute approximate surface area is 188 Å². The van der Waals surface area contributed by atoms with E-state index in [4.69, 9.17) is 11.6 Å². The van der Waals surface area contributed by atoms with E-state index in [1.54, 1.807) is 0 Å². The average molecular weight is 468 g/mol. The molecule has 13 heteroatoms. The number of nitrogens with one attached hydrogen (secondary N) is 1. The second-order valence-electron chi connectivity index (χ2n) is 6.80. The second kappa shape index (κ2) is 8.09. The first kappa shape index (κ1) is 21.5. The molecule has 0 aromatic heterocycles. The van der Waals surface area contributed by atoms with Gasteiger partial charge in [0.2, 0.25) is 0 Å². The second-order valence-corrected chi connectivity index (χ2v) is 7.23. The van der Waals surface area contributed by atoms with Gasteiger partial charge in [-0.3, -0.25) is 35.1 Å². The normalized spacial score (nSPS) is 12.7. The number of rotatable bonds is 5. The fourth-order valence-corrected chi connectivity index (χ4v) is 3.55. The molecule has 0 spiro atoms. The van der Waals surface area contributed by atoms with Crippen LogP contribution < -0.4 is 5.43 Å². The number of hydrazone groups is 1. The number of carbonyl (C=O) groups is 1. The molecule has 0 fully saturated rings. The number of nitrogens with zero attached hydrogens (tertiary/aromatic N) is 4. The predicted octanol–water partition coefficient (Wildman–Crippen LogP) is 4.23. The maximum atomic E-state index is 12.5. The smallest absolute Gasteiger partial charge is 0.267 e. The van der Waals surface area contributed by atoms with Crippen LogP contribution in [0.3, 0.4) is 0 Å². The van der Waals surface area contributed by atoms with Gasteiger partial charge in [0.15, 0.2) is 0 Å². The molecule has 1 aliphatic rings. The number of hydrogen-bond donors (Lipinski definition) is 1. The fourth-order valence-electron chi connectivity index (χ4n) is 3.43. The number of amides is 1. The van der Waals surface area contributed by atoms with E-state index < -0.39 is 32.1 Å². The molecule has 0 radical (unpaired) electrons. The van der Waals surface area contributed by atoms with Crippen molar-refractivity contribution in [2.45, 2.75) is 0 Å².